The van der Waals surface area contributed by atoms with Gasteiger partial charge >= 0.3 is 11.9 Å². The molecule has 0 amide bonds. The number of ketones is 1. The van der Waals surface area contributed by atoms with Gasteiger partial charge in [-0.05, 0) is 46.5 Å². The van der Waals surface area contributed by atoms with Crippen molar-refractivity contribution in [2.45, 2.75) is 0 Å². The molecule has 0 aliphatic rings. The average Bonchev–Trinajstić information content (AvgIpc) is 3.05. The molecule has 4 rings (SSSR count). The Kier molecular flexibility index (Phi) is 10.4. The topological polar surface area (TPSA) is 88.1 Å². The van der Waals surface area contributed by atoms with E-state index in [2.05, 4.69) is 13.2 Å². The van der Waals surface area contributed by atoms with Crippen LogP contribution in [0.5, 0.6) is 11.5 Å². The second-order valence-corrected chi connectivity index (χ2v) is 8.97. The quantitative estimate of drug-likeness (QED) is 0.0754. The summed E-state index contributed by atoms with van der Waals surface area (Å²) in [4.78, 5) is 35.2. The summed E-state index contributed by atoms with van der Waals surface area (Å²) in [5, 5.41) is 0. The van der Waals surface area contributed by atoms with E-state index >= 15 is 0 Å². The summed E-state index contributed by atoms with van der Waals surface area (Å²) in [6.45, 7) is 7.48. The molecule has 212 valence electrons. The van der Waals surface area contributed by atoms with Gasteiger partial charge in [0, 0.05) is 23.3 Å². The number of ether oxygens (including phenoxy) is 4. The lowest BCUT2D eigenvalue weighted by Crippen LogP contribution is -2.10. The highest BCUT2D eigenvalue weighted by Crippen LogP contribution is 2.26. The van der Waals surface area contributed by atoms with Gasteiger partial charge in [-0.25, -0.2) is 9.59 Å². The predicted molar refractivity (Wildman–Crippen MR) is 160 cm³/mol. The fourth-order valence-electron chi connectivity index (χ4n) is 4.00. The third-order valence-corrected chi connectivity index (χ3v) is 6.20. The zero-order chi connectivity index (χ0) is 29.7. The van der Waals surface area contributed by atoms with Crippen LogP contribution in [-0.4, -0.2) is 44.1 Å². The number of benzene rings is 4. The van der Waals surface area contributed by atoms with Crippen molar-refractivity contribution in [3.63, 3.8) is 0 Å². The minimum absolute atomic E-state index is 0.0603. The highest BCUT2D eigenvalue weighted by molar-refractivity contribution is 6.09. The standard InChI is InChI=1S/C35H30O7/c1-3-33(36)41-23-21-39-31-17-13-27(14-18-31)25-5-9-29(10-6-25)35(38)30-11-7-26(8-12-30)28-15-19-32(20-16-28)40-22-24-42-34(37)4-2/h3-20H,1-2,21-24H2. The van der Waals surface area contributed by atoms with E-state index in [0.717, 1.165) is 34.4 Å². The minimum Gasteiger partial charge on any atom is -0.490 e. The van der Waals surface area contributed by atoms with E-state index < -0.39 is 11.9 Å². The van der Waals surface area contributed by atoms with Crippen molar-refractivity contribution in [1.82, 2.24) is 0 Å². The fourth-order valence-corrected chi connectivity index (χ4v) is 4.00. The van der Waals surface area contributed by atoms with E-state index in [1.807, 2.05) is 97.1 Å². The summed E-state index contributed by atoms with van der Waals surface area (Å²) in [5.41, 5.74) is 5.10. The average molecular weight is 563 g/mol. The first kappa shape index (κ1) is 29.6. The molecule has 0 fully saturated rings. The van der Waals surface area contributed by atoms with Gasteiger partial charge in [-0.2, -0.15) is 0 Å². The molecule has 0 heterocycles. The van der Waals surface area contributed by atoms with Gasteiger partial charge in [0.2, 0.25) is 0 Å². The van der Waals surface area contributed by atoms with Crippen LogP contribution in [0, 0.1) is 0 Å². The Morgan fingerprint density at radius 1 is 0.476 bits per heavy atom. The molecule has 0 saturated heterocycles. The van der Waals surface area contributed by atoms with E-state index in [1.165, 1.54) is 0 Å². The zero-order valence-electron chi connectivity index (χ0n) is 23.0. The van der Waals surface area contributed by atoms with Crippen LogP contribution in [0.2, 0.25) is 0 Å². The molecule has 4 aromatic rings. The molecule has 42 heavy (non-hydrogen) atoms. The van der Waals surface area contributed by atoms with Gasteiger partial charge in [0.15, 0.2) is 5.78 Å². The van der Waals surface area contributed by atoms with Crippen LogP contribution in [0.3, 0.4) is 0 Å². The molecule has 0 spiro atoms. The lowest BCUT2D eigenvalue weighted by molar-refractivity contribution is -0.139. The summed E-state index contributed by atoms with van der Waals surface area (Å²) in [6.07, 6.45) is 2.22. The van der Waals surface area contributed by atoms with Gasteiger partial charge in [-0.15, -0.1) is 0 Å². The Bertz CT molecular complexity index is 1400. The summed E-state index contributed by atoms with van der Waals surface area (Å²) in [7, 11) is 0. The van der Waals surface area contributed by atoms with Crippen molar-refractivity contribution in [2.24, 2.45) is 0 Å². The van der Waals surface area contributed by atoms with Crippen molar-refractivity contribution in [3.05, 3.63) is 133 Å². The maximum atomic E-state index is 13.1. The SMILES string of the molecule is C=CC(=O)OCCOc1ccc(-c2ccc(C(=O)c3ccc(-c4ccc(OCCOC(=O)C=C)cc4)cc3)cc2)cc1. The van der Waals surface area contributed by atoms with Gasteiger partial charge in [0.05, 0.1) is 0 Å². The molecule has 0 aromatic heterocycles. The van der Waals surface area contributed by atoms with Crippen LogP contribution in [0.1, 0.15) is 15.9 Å². The first-order valence-electron chi connectivity index (χ1n) is 13.3. The highest BCUT2D eigenvalue weighted by Gasteiger charge is 2.10. The van der Waals surface area contributed by atoms with E-state index in [4.69, 9.17) is 18.9 Å². The van der Waals surface area contributed by atoms with Crippen molar-refractivity contribution in [1.29, 1.82) is 0 Å². The molecule has 0 saturated carbocycles. The normalized spacial score (nSPS) is 10.3. The maximum Gasteiger partial charge on any atom is 0.330 e. The smallest absolute Gasteiger partial charge is 0.330 e. The number of rotatable bonds is 14. The van der Waals surface area contributed by atoms with Crippen LogP contribution >= 0.6 is 0 Å². The summed E-state index contributed by atoms with van der Waals surface area (Å²) < 4.78 is 21.0. The first-order chi connectivity index (χ1) is 20.5. The molecule has 0 radical (unpaired) electrons. The van der Waals surface area contributed by atoms with E-state index in [0.29, 0.717) is 22.6 Å². The first-order valence-corrected chi connectivity index (χ1v) is 13.3. The molecule has 0 aliphatic carbocycles. The van der Waals surface area contributed by atoms with Crippen LogP contribution in [-0.2, 0) is 19.1 Å². The number of hydrogen-bond donors (Lipinski definition) is 0. The third-order valence-electron chi connectivity index (χ3n) is 6.20. The second-order valence-electron chi connectivity index (χ2n) is 8.97. The summed E-state index contributed by atoms with van der Waals surface area (Å²) >= 11 is 0. The number of carbonyl (C=O) groups is 3. The van der Waals surface area contributed by atoms with Gasteiger partial charge < -0.3 is 18.9 Å². The molecule has 0 bridgehead atoms. The fraction of sp³-hybridized carbons (Fsp3) is 0.114. The van der Waals surface area contributed by atoms with Crippen molar-refractivity contribution in [3.8, 4) is 33.8 Å². The Morgan fingerprint density at radius 3 is 1.10 bits per heavy atom. The van der Waals surface area contributed by atoms with Crippen LogP contribution in [0.25, 0.3) is 22.3 Å². The zero-order valence-corrected chi connectivity index (χ0v) is 23.0. The van der Waals surface area contributed by atoms with Gasteiger partial charge in [-0.3, -0.25) is 4.79 Å². The summed E-state index contributed by atoms with van der Waals surface area (Å²) in [5.74, 6) is 0.304. The second kappa shape index (κ2) is 14.8. The minimum atomic E-state index is -0.481. The summed E-state index contributed by atoms with van der Waals surface area (Å²) in [6, 6.07) is 30.0. The van der Waals surface area contributed by atoms with Crippen LogP contribution in [0.4, 0.5) is 0 Å². The number of esters is 2. The lowest BCUT2D eigenvalue weighted by Gasteiger charge is -2.09. The Balaban J connectivity index is 1.30. The van der Waals surface area contributed by atoms with E-state index in [-0.39, 0.29) is 32.2 Å². The number of carbonyl (C=O) groups excluding carboxylic acids is 3. The van der Waals surface area contributed by atoms with Crippen molar-refractivity contribution < 1.29 is 33.3 Å². The predicted octanol–water partition coefficient (Wildman–Crippen LogP) is 6.47. The van der Waals surface area contributed by atoms with Crippen molar-refractivity contribution in [2.75, 3.05) is 26.4 Å². The Labute approximate surface area is 244 Å². The molecule has 0 atom stereocenters. The Hall–Kier alpha value is -5.43. The van der Waals surface area contributed by atoms with Gasteiger partial charge in [0.25, 0.3) is 0 Å². The van der Waals surface area contributed by atoms with E-state index in [1.54, 1.807) is 0 Å². The molecule has 4 aromatic carbocycles. The maximum absolute atomic E-state index is 13.1. The number of hydrogen-bond acceptors (Lipinski definition) is 7. The van der Waals surface area contributed by atoms with Crippen LogP contribution < -0.4 is 9.47 Å². The molecule has 0 N–H and O–H groups in total. The van der Waals surface area contributed by atoms with Crippen LogP contribution in [0.15, 0.2) is 122 Å². The molecule has 7 heteroatoms. The molecule has 0 aliphatic heterocycles. The van der Waals surface area contributed by atoms with E-state index in [9.17, 15) is 14.4 Å². The molecule has 7 nitrogen and oxygen atoms in total. The largest absolute Gasteiger partial charge is 0.490 e. The Morgan fingerprint density at radius 2 is 0.786 bits per heavy atom. The highest BCUT2D eigenvalue weighted by atomic mass is 16.6. The lowest BCUT2D eigenvalue weighted by atomic mass is 9.97. The van der Waals surface area contributed by atoms with Gasteiger partial charge in [-0.1, -0.05) is 86.0 Å². The van der Waals surface area contributed by atoms with Gasteiger partial charge in [0.1, 0.15) is 37.9 Å². The van der Waals surface area contributed by atoms with Crippen molar-refractivity contribution >= 4 is 17.7 Å². The molecular formula is C35H30O7. The molecular weight excluding hydrogens is 532 g/mol. The third kappa shape index (κ3) is 8.29. The monoisotopic (exact) mass is 562 g/mol. The molecule has 0 unspecified atom stereocenters.